The number of carboxylic acid groups (broad SMARTS) is 1. The summed E-state index contributed by atoms with van der Waals surface area (Å²) in [5.41, 5.74) is 0.867. The van der Waals surface area contributed by atoms with E-state index in [9.17, 15) is 19.5 Å². The highest BCUT2D eigenvalue weighted by Crippen LogP contribution is 2.27. The van der Waals surface area contributed by atoms with E-state index in [4.69, 9.17) is 23.2 Å². The molecule has 0 saturated heterocycles. The molecule has 1 rings (SSSR count). The lowest BCUT2D eigenvalue weighted by Crippen LogP contribution is -2.49. The SMILES string of the molecule is CCCNCC(=O)NC[C@H](NC(=O)c1c(Cl)cc(CC)cc1Cl)C(=O)O. The van der Waals surface area contributed by atoms with Crippen LogP contribution in [0.1, 0.15) is 36.2 Å². The second kappa shape index (κ2) is 11.0. The minimum absolute atomic E-state index is 0.00715. The zero-order valence-electron chi connectivity index (χ0n) is 14.7. The normalized spacial score (nSPS) is 11.7. The Morgan fingerprint density at radius 2 is 1.77 bits per heavy atom. The van der Waals surface area contributed by atoms with Crippen molar-refractivity contribution in [2.45, 2.75) is 32.7 Å². The van der Waals surface area contributed by atoms with E-state index in [0.29, 0.717) is 13.0 Å². The van der Waals surface area contributed by atoms with E-state index in [2.05, 4.69) is 16.0 Å². The Morgan fingerprint density at radius 1 is 1.15 bits per heavy atom. The predicted octanol–water partition coefficient (Wildman–Crippen LogP) is 1.85. The van der Waals surface area contributed by atoms with Crippen molar-refractivity contribution in [2.24, 2.45) is 0 Å². The molecular weight excluding hydrogens is 381 g/mol. The van der Waals surface area contributed by atoms with Crippen molar-refractivity contribution < 1.29 is 19.5 Å². The van der Waals surface area contributed by atoms with E-state index in [1.54, 1.807) is 12.1 Å². The topological polar surface area (TPSA) is 108 Å². The van der Waals surface area contributed by atoms with Gasteiger partial charge >= 0.3 is 5.97 Å². The molecule has 1 atom stereocenters. The number of benzene rings is 1. The number of aliphatic carboxylic acids is 1. The van der Waals surface area contributed by atoms with Gasteiger partial charge in [-0.05, 0) is 37.1 Å². The Labute approximate surface area is 162 Å². The Kier molecular flexibility index (Phi) is 9.40. The molecule has 2 amide bonds. The third kappa shape index (κ3) is 6.82. The minimum atomic E-state index is -1.31. The van der Waals surface area contributed by atoms with Gasteiger partial charge in [0, 0.05) is 6.54 Å². The number of carbonyl (C=O) groups is 3. The maximum absolute atomic E-state index is 12.4. The van der Waals surface area contributed by atoms with Gasteiger partial charge in [0.25, 0.3) is 5.91 Å². The number of carboxylic acids is 1. The number of halogens is 2. The summed E-state index contributed by atoms with van der Waals surface area (Å²) in [6.45, 7) is 4.38. The molecule has 26 heavy (non-hydrogen) atoms. The average Bonchev–Trinajstić information content (AvgIpc) is 2.57. The Morgan fingerprint density at radius 3 is 2.27 bits per heavy atom. The summed E-state index contributed by atoms with van der Waals surface area (Å²) in [6.07, 6.45) is 1.57. The third-order valence-electron chi connectivity index (χ3n) is 3.56. The number of carbonyl (C=O) groups excluding carboxylic acids is 2. The molecule has 9 heteroatoms. The van der Waals surface area contributed by atoms with Gasteiger partial charge in [-0.25, -0.2) is 4.79 Å². The molecule has 7 nitrogen and oxygen atoms in total. The molecular formula is C17H23Cl2N3O4. The number of nitrogens with one attached hydrogen (secondary N) is 3. The molecule has 4 N–H and O–H groups in total. The van der Waals surface area contributed by atoms with Gasteiger partial charge in [-0.3, -0.25) is 9.59 Å². The van der Waals surface area contributed by atoms with Gasteiger partial charge in [-0.1, -0.05) is 37.0 Å². The summed E-state index contributed by atoms with van der Waals surface area (Å²) in [5, 5.41) is 17.2. The van der Waals surface area contributed by atoms with Crippen LogP contribution in [0, 0.1) is 0 Å². The second-order valence-corrected chi connectivity index (χ2v) is 6.45. The van der Waals surface area contributed by atoms with Crippen molar-refractivity contribution in [3.63, 3.8) is 0 Å². The molecule has 0 aliphatic heterocycles. The van der Waals surface area contributed by atoms with Crippen LogP contribution in [-0.2, 0) is 16.0 Å². The van der Waals surface area contributed by atoms with Crippen LogP contribution in [0.4, 0.5) is 0 Å². The van der Waals surface area contributed by atoms with E-state index in [1.165, 1.54) is 0 Å². The molecule has 0 aliphatic rings. The number of hydrogen-bond acceptors (Lipinski definition) is 4. The monoisotopic (exact) mass is 403 g/mol. The third-order valence-corrected chi connectivity index (χ3v) is 4.15. The molecule has 1 aromatic carbocycles. The summed E-state index contributed by atoms with van der Waals surface area (Å²) in [7, 11) is 0. The summed E-state index contributed by atoms with van der Waals surface area (Å²) in [6, 6.07) is 1.91. The summed E-state index contributed by atoms with van der Waals surface area (Å²) in [4.78, 5) is 35.4. The van der Waals surface area contributed by atoms with E-state index < -0.39 is 17.9 Å². The summed E-state index contributed by atoms with van der Waals surface area (Å²) in [5.74, 6) is -2.35. The smallest absolute Gasteiger partial charge is 0.328 e. The average molecular weight is 404 g/mol. The molecule has 0 fully saturated rings. The molecule has 1 aromatic rings. The lowest BCUT2D eigenvalue weighted by atomic mass is 10.1. The number of aryl methyl sites for hydroxylation is 1. The van der Waals surface area contributed by atoms with Crippen molar-refractivity contribution in [2.75, 3.05) is 19.6 Å². The van der Waals surface area contributed by atoms with Gasteiger partial charge in [0.05, 0.1) is 22.2 Å². The first-order valence-electron chi connectivity index (χ1n) is 8.29. The van der Waals surface area contributed by atoms with Crippen molar-refractivity contribution >= 4 is 41.0 Å². The molecule has 0 saturated carbocycles. The lowest BCUT2D eigenvalue weighted by molar-refractivity contribution is -0.139. The number of rotatable bonds is 10. The summed E-state index contributed by atoms with van der Waals surface area (Å²) >= 11 is 12.2. The lowest BCUT2D eigenvalue weighted by Gasteiger charge is -2.17. The molecule has 144 valence electrons. The first-order valence-corrected chi connectivity index (χ1v) is 9.04. The van der Waals surface area contributed by atoms with Crippen LogP contribution < -0.4 is 16.0 Å². The first kappa shape index (κ1) is 22.2. The Balaban J connectivity index is 2.74. The second-order valence-electron chi connectivity index (χ2n) is 5.63. The van der Waals surface area contributed by atoms with Crippen LogP contribution in [0.3, 0.4) is 0 Å². The quantitative estimate of drug-likeness (QED) is 0.446. The van der Waals surface area contributed by atoms with Crippen LogP contribution in [0.5, 0.6) is 0 Å². The van der Waals surface area contributed by atoms with Crippen molar-refractivity contribution in [3.05, 3.63) is 33.3 Å². The highest BCUT2D eigenvalue weighted by Gasteiger charge is 2.24. The van der Waals surface area contributed by atoms with Gasteiger partial charge in [0.15, 0.2) is 0 Å². The van der Waals surface area contributed by atoms with Crippen LogP contribution in [0.25, 0.3) is 0 Å². The zero-order chi connectivity index (χ0) is 19.7. The standard InChI is InChI=1S/C17H23Cl2N3O4/c1-3-5-20-9-14(23)21-8-13(17(25)26)22-16(24)15-11(18)6-10(4-2)7-12(15)19/h6-7,13,20H,3-5,8-9H2,1-2H3,(H,21,23)(H,22,24)(H,25,26)/t13-/m0/s1. The Hall–Kier alpha value is -1.83. The molecule has 0 radical (unpaired) electrons. The van der Waals surface area contributed by atoms with E-state index >= 15 is 0 Å². The van der Waals surface area contributed by atoms with E-state index in [-0.39, 0.29) is 34.6 Å². The molecule has 0 aliphatic carbocycles. The van der Waals surface area contributed by atoms with Crippen molar-refractivity contribution in [1.82, 2.24) is 16.0 Å². The van der Waals surface area contributed by atoms with E-state index in [0.717, 1.165) is 12.0 Å². The molecule has 0 spiro atoms. The maximum atomic E-state index is 12.4. The minimum Gasteiger partial charge on any atom is -0.480 e. The number of amides is 2. The fourth-order valence-corrected chi connectivity index (χ4v) is 2.84. The van der Waals surface area contributed by atoms with Gasteiger partial charge in [0.1, 0.15) is 6.04 Å². The highest BCUT2D eigenvalue weighted by molar-refractivity contribution is 6.39. The van der Waals surface area contributed by atoms with Crippen LogP contribution in [0.15, 0.2) is 12.1 Å². The summed E-state index contributed by atoms with van der Waals surface area (Å²) < 4.78 is 0. The van der Waals surface area contributed by atoms with Crippen LogP contribution in [-0.4, -0.2) is 48.6 Å². The molecule has 0 unspecified atom stereocenters. The Bertz CT molecular complexity index is 644. The molecule has 0 heterocycles. The number of hydrogen-bond donors (Lipinski definition) is 4. The fraction of sp³-hybridized carbons (Fsp3) is 0.471. The molecule has 0 aromatic heterocycles. The first-order chi connectivity index (χ1) is 12.3. The largest absolute Gasteiger partial charge is 0.480 e. The van der Waals surface area contributed by atoms with Crippen molar-refractivity contribution in [3.8, 4) is 0 Å². The van der Waals surface area contributed by atoms with Crippen molar-refractivity contribution in [1.29, 1.82) is 0 Å². The van der Waals surface area contributed by atoms with E-state index in [1.807, 2.05) is 13.8 Å². The fourth-order valence-electron chi connectivity index (χ4n) is 2.13. The highest BCUT2D eigenvalue weighted by atomic mass is 35.5. The maximum Gasteiger partial charge on any atom is 0.328 e. The van der Waals surface area contributed by atoms with Crippen LogP contribution in [0.2, 0.25) is 10.0 Å². The van der Waals surface area contributed by atoms with Crippen LogP contribution >= 0.6 is 23.2 Å². The zero-order valence-corrected chi connectivity index (χ0v) is 16.2. The van der Waals surface area contributed by atoms with Gasteiger partial charge in [-0.2, -0.15) is 0 Å². The predicted molar refractivity (Wildman–Crippen MR) is 101 cm³/mol. The van der Waals surface area contributed by atoms with Gasteiger partial charge in [0.2, 0.25) is 5.91 Å². The van der Waals surface area contributed by atoms with Gasteiger partial charge < -0.3 is 21.1 Å². The molecule has 0 bridgehead atoms. The van der Waals surface area contributed by atoms with Gasteiger partial charge in [-0.15, -0.1) is 0 Å².